The van der Waals surface area contributed by atoms with Crippen molar-refractivity contribution in [2.24, 2.45) is 11.3 Å². The van der Waals surface area contributed by atoms with Gasteiger partial charge < -0.3 is 5.32 Å². The number of amides is 1. The van der Waals surface area contributed by atoms with E-state index in [1.165, 1.54) is 12.8 Å². The van der Waals surface area contributed by atoms with Gasteiger partial charge in [0.15, 0.2) is 0 Å². The molecule has 1 saturated carbocycles. The number of rotatable bonds is 5. The first-order chi connectivity index (χ1) is 7.10. The van der Waals surface area contributed by atoms with Crippen molar-refractivity contribution < 1.29 is 4.79 Å². The van der Waals surface area contributed by atoms with Gasteiger partial charge in [-0.15, -0.1) is 11.6 Å². The largest absolute Gasteiger partial charge is 0.354 e. The van der Waals surface area contributed by atoms with E-state index < -0.39 is 0 Å². The smallest absolute Gasteiger partial charge is 0.226 e. The minimum Gasteiger partial charge on any atom is -0.354 e. The lowest BCUT2D eigenvalue weighted by Gasteiger charge is -2.29. The Morgan fingerprint density at radius 1 is 1.40 bits per heavy atom. The molecule has 0 atom stereocenters. The van der Waals surface area contributed by atoms with Crippen LogP contribution in [0.2, 0.25) is 0 Å². The lowest BCUT2D eigenvalue weighted by atomic mass is 9.78. The van der Waals surface area contributed by atoms with Crippen molar-refractivity contribution in [3.63, 3.8) is 0 Å². The summed E-state index contributed by atoms with van der Waals surface area (Å²) in [5.74, 6) is 1.32. The van der Waals surface area contributed by atoms with Crippen molar-refractivity contribution in [1.82, 2.24) is 5.32 Å². The van der Waals surface area contributed by atoms with Gasteiger partial charge in [0.05, 0.1) is 0 Å². The van der Waals surface area contributed by atoms with Crippen LogP contribution in [-0.4, -0.2) is 18.3 Å². The van der Waals surface area contributed by atoms with Crippen LogP contribution in [-0.2, 0) is 4.79 Å². The molecule has 2 nitrogen and oxygen atoms in total. The van der Waals surface area contributed by atoms with Crippen molar-refractivity contribution in [2.75, 3.05) is 12.4 Å². The number of carbonyl (C=O) groups excluding carboxylic acids is 1. The summed E-state index contributed by atoms with van der Waals surface area (Å²) in [4.78, 5) is 12.1. The Hall–Kier alpha value is -0.240. The van der Waals surface area contributed by atoms with Gasteiger partial charge in [0.25, 0.3) is 0 Å². The second-order valence-corrected chi connectivity index (χ2v) is 5.41. The van der Waals surface area contributed by atoms with E-state index in [0.717, 1.165) is 19.3 Å². The third kappa shape index (κ3) is 3.37. The van der Waals surface area contributed by atoms with Gasteiger partial charge in [-0.05, 0) is 25.2 Å². The van der Waals surface area contributed by atoms with Gasteiger partial charge in [-0.25, -0.2) is 0 Å². The van der Waals surface area contributed by atoms with E-state index in [0.29, 0.717) is 18.3 Å². The maximum Gasteiger partial charge on any atom is 0.226 e. The van der Waals surface area contributed by atoms with Crippen molar-refractivity contribution in [1.29, 1.82) is 0 Å². The SMILES string of the molecule is CC(C)CC1(C(=O)NCCCl)CCCC1. The summed E-state index contributed by atoms with van der Waals surface area (Å²) in [6, 6.07) is 0. The molecule has 15 heavy (non-hydrogen) atoms. The minimum absolute atomic E-state index is 0.0831. The molecule has 1 amide bonds. The summed E-state index contributed by atoms with van der Waals surface area (Å²) in [6.45, 7) is 4.98. The Morgan fingerprint density at radius 3 is 2.47 bits per heavy atom. The fourth-order valence-electron chi connectivity index (χ4n) is 2.71. The van der Waals surface area contributed by atoms with Gasteiger partial charge in [0, 0.05) is 17.8 Å². The first-order valence-electron chi connectivity index (χ1n) is 5.95. The molecule has 0 saturated heterocycles. The van der Waals surface area contributed by atoms with E-state index in [4.69, 9.17) is 11.6 Å². The van der Waals surface area contributed by atoms with Gasteiger partial charge in [-0.3, -0.25) is 4.79 Å². The lowest BCUT2D eigenvalue weighted by Crippen LogP contribution is -2.40. The molecule has 88 valence electrons. The fraction of sp³-hybridized carbons (Fsp3) is 0.917. The molecule has 0 aliphatic heterocycles. The van der Waals surface area contributed by atoms with E-state index in [1.807, 2.05) is 0 Å². The maximum atomic E-state index is 12.1. The Bertz CT molecular complexity index is 210. The number of halogens is 1. The first kappa shape index (κ1) is 12.8. The van der Waals surface area contributed by atoms with Gasteiger partial charge in [0.1, 0.15) is 0 Å². The van der Waals surface area contributed by atoms with Crippen molar-refractivity contribution >= 4 is 17.5 Å². The Kier molecular flexibility index (Phi) is 4.91. The highest BCUT2D eigenvalue weighted by molar-refractivity contribution is 6.18. The molecular formula is C12H22ClNO. The highest BCUT2D eigenvalue weighted by atomic mass is 35.5. The van der Waals surface area contributed by atoms with E-state index >= 15 is 0 Å². The number of alkyl halides is 1. The van der Waals surface area contributed by atoms with Crippen LogP contribution >= 0.6 is 11.6 Å². The monoisotopic (exact) mass is 231 g/mol. The molecule has 0 radical (unpaired) electrons. The van der Waals surface area contributed by atoms with Crippen LogP contribution in [0.4, 0.5) is 0 Å². The molecule has 0 bridgehead atoms. The molecule has 0 heterocycles. The molecule has 1 aliphatic rings. The zero-order valence-corrected chi connectivity index (χ0v) is 10.6. The quantitative estimate of drug-likeness (QED) is 0.725. The molecule has 0 aromatic carbocycles. The van der Waals surface area contributed by atoms with Crippen LogP contribution in [0.15, 0.2) is 0 Å². The maximum absolute atomic E-state index is 12.1. The predicted octanol–water partition coefficient (Wildman–Crippen LogP) is 2.95. The van der Waals surface area contributed by atoms with Crippen molar-refractivity contribution in [2.45, 2.75) is 46.0 Å². The second-order valence-electron chi connectivity index (χ2n) is 5.03. The Labute approximate surface area is 97.8 Å². The molecule has 0 spiro atoms. The van der Waals surface area contributed by atoms with Gasteiger partial charge in [-0.1, -0.05) is 26.7 Å². The summed E-state index contributed by atoms with van der Waals surface area (Å²) < 4.78 is 0. The van der Waals surface area contributed by atoms with E-state index in [2.05, 4.69) is 19.2 Å². The highest BCUT2D eigenvalue weighted by Crippen LogP contribution is 2.43. The first-order valence-corrected chi connectivity index (χ1v) is 6.48. The zero-order chi connectivity index (χ0) is 11.3. The van der Waals surface area contributed by atoms with Gasteiger partial charge >= 0.3 is 0 Å². The van der Waals surface area contributed by atoms with E-state index in [9.17, 15) is 4.79 Å². The van der Waals surface area contributed by atoms with E-state index in [1.54, 1.807) is 0 Å². The molecule has 0 aromatic rings. The topological polar surface area (TPSA) is 29.1 Å². The summed E-state index contributed by atoms with van der Waals surface area (Å²) >= 11 is 5.59. The van der Waals surface area contributed by atoms with Crippen LogP contribution in [0.3, 0.4) is 0 Å². The summed E-state index contributed by atoms with van der Waals surface area (Å²) in [5, 5.41) is 2.95. The van der Waals surface area contributed by atoms with E-state index in [-0.39, 0.29) is 11.3 Å². The molecule has 0 aromatic heterocycles. The normalized spacial score (nSPS) is 19.5. The molecule has 1 rings (SSSR count). The molecule has 1 fully saturated rings. The highest BCUT2D eigenvalue weighted by Gasteiger charge is 2.40. The fourth-order valence-corrected chi connectivity index (χ4v) is 2.80. The zero-order valence-electron chi connectivity index (χ0n) is 9.81. The van der Waals surface area contributed by atoms with Gasteiger partial charge in [0.2, 0.25) is 5.91 Å². The predicted molar refractivity (Wildman–Crippen MR) is 64.1 cm³/mol. The third-order valence-electron chi connectivity index (χ3n) is 3.22. The average Bonchev–Trinajstić information content (AvgIpc) is 2.62. The molecule has 1 N–H and O–H groups in total. The minimum atomic E-state index is -0.0831. The number of hydrogen-bond donors (Lipinski definition) is 1. The molecule has 3 heteroatoms. The van der Waals surface area contributed by atoms with Crippen molar-refractivity contribution in [3.05, 3.63) is 0 Å². The van der Waals surface area contributed by atoms with Crippen LogP contribution < -0.4 is 5.32 Å². The van der Waals surface area contributed by atoms with Crippen LogP contribution in [0.25, 0.3) is 0 Å². The molecule has 0 unspecified atom stereocenters. The second kappa shape index (κ2) is 5.74. The summed E-state index contributed by atoms with van der Waals surface area (Å²) in [7, 11) is 0. The Balaban J connectivity index is 2.59. The summed E-state index contributed by atoms with van der Waals surface area (Å²) in [5.41, 5.74) is -0.0831. The number of nitrogens with one attached hydrogen (secondary N) is 1. The van der Waals surface area contributed by atoms with Gasteiger partial charge in [-0.2, -0.15) is 0 Å². The van der Waals surface area contributed by atoms with Crippen LogP contribution in [0, 0.1) is 11.3 Å². The number of hydrogen-bond acceptors (Lipinski definition) is 1. The standard InChI is InChI=1S/C12H22ClNO/c1-10(2)9-12(5-3-4-6-12)11(15)14-8-7-13/h10H,3-9H2,1-2H3,(H,14,15). The molecule has 1 aliphatic carbocycles. The number of carbonyl (C=O) groups is 1. The van der Waals surface area contributed by atoms with Crippen LogP contribution in [0.1, 0.15) is 46.0 Å². The average molecular weight is 232 g/mol. The van der Waals surface area contributed by atoms with Crippen LogP contribution in [0.5, 0.6) is 0 Å². The third-order valence-corrected chi connectivity index (χ3v) is 3.41. The molecular weight excluding hydrogens is 210 g/mol. The lowest BCUT2D eigenvalue weighted by molar-refractivity contribution is -0.131. The summed E-state index contributed by atoms with van der Waals surface area (Å²) in [6.07, 6.45) is 5.52. The van der Waals surface area contributed by atoms with Crippen molar-refractivity contribution in [3.8, 4) is 0 Å². The Morgan fingerprint density at radius 2 is 2.00 bits per heavy atom.